The smallest absolute Gasteiger partial charge is 0.278 e. The van der Waals surface area contributed by atoms with Crippen molar-refractivity contribution in [2.75, 3.05) is 0 Å². The number of rotatable bonds is 1. The fourth-order valence-electron chi connectivity index (χ4n) is 1.12. The Bertz CT molecular complexity index is 473. The van der Waals surface area contributed by atoms with Crippen molar-refractivity contribution in [2.45, 2.75) is 26.2 Å². The van der Waals surface area contributed by atoms with Crippen LogP contribution in [0.1, 0.15) is 26.5 Å². The van der Waals surface area contributed by atoms with Gasteiger partial charge in [0.05, 0.1) is 5.69 Å². The van der Waals surface area contributed by atoms with Crippen LogP contribution in [-0.2, 0) is 5.41 Å². The minimum Gasteiger partial charge on any atom is -0.411 e. The van der Waals surface area contributed by atoms with Gasteiger partial charge in [-0.05, 0) is 11.5 Å². The molecule has 0 saturated carbocycles. The van der Waals surface area contributed by atoms with Gasteiger partial charge in [-0.2, -0.15) is 0 Å². The fourth-order valence-corrected chi connectivity index (χ4v) is 2.23. The van der Waals surface area contributed by atoms with Crippen molar-refractivity contribution in [3.05, 3.63) is 9.59 Å². The third kappa shape index (κ3) is 2.17. The summed E-state index contributed by atoms with van der Waals surface area (Å²) < 4.78 is 9.82. The number of halogens is 1. The number of nitrogens with zero attached hydrogens (tertiary/aromatic N) is 4. The van der Waals surface area contributed by atoms with Crippen molar-refractivity contribution in [2.24, 2.45) is 0 Å². The van der Waals surface area contributed by atoms with E-state index in [1.165, 1.54) is 11.5 Å². The molecule has 80 valence electrons. The Morgan fingerprint density at radius 1 is 1.20 bits per heavy atom. The van der Waals surface area contributed by atoms with Crippen molar-refractivity contribution >= 4 is 34.1 Å². The van der Waals surface area contributed by atoms with Gasteiger partial charge in [0.2, 0.25) is 0 Å². The second-order valence-corrected chi connectivity index (χ2v) is 5.74. The highest BCUT2D eigenvalue weighted by Crippen LogP contribution is 2.33. The molecule has 0 aliphatic rings. The first kappa shape index (κ1) is 10.9. The van der Waals surface area contributed by atoms with Crippen molar-refractivity contribution in [3.8, 4) is 10.8 Å². The van der Waals surface area contributed by atoms with Gasteiger partial charge in [0.15, 0.2) is 0 Å². The molecule has 0 spiro atoms. The van der Waals surface area contributed by atoms with E-state index in [0.29, 0.717) is 9.79 Å². The first-order valence-electron chi connectivity index (χ1n) is 4.30. The molecule has 0 radical (unpaired) electrons. The summed E-state index contributed by atoms with van der Waals surface area (Å²) in [6.45, 7) is 6.23. The molecule has 0 atom stereocenters. The molecule has 7 heteroatoms. The average molecular weight is 336 g/mol. The largest absolute Gasteiger partial charge is 0.411 e. The highest BCUT2D eigenvalue weighted by molar-refractivity contribution is 14.1. The van der Waals surface area contributed by atoms with E-state index in [4.69, 9.17) is 4.42 Å². The first-order chi connectivity index (χ1) is 6.98. The van der Waals surface area contributed by atoms with Gasteiger partial charge < -0.3 is 4.42 Å². The van der Waals surface area contributed by atoms with Crippen LogP contribution in [0.2, 0.25) is 0 Å². The molecule has 2 heterocycles. The van der Waals surface area contributed by atoms with Gasteiger partial charge in [0.25, 0.3) is 9.79 Å². The zero-order valence-electron chi connectivity index (χ0n) is 8.48. The average Bonchev–Trinajstić information content (AvgIpc) is 2.68. The highest BCUT2D eigenvalue weighted by Gasteiger charge is 2.25. The molecule has 2 aromatic rings. The monoisotopic (exact) mass is 336 g/mol. The second-order valence-electron chi connectivity index (χ2n) is 4.06. The summed E-state index contributed by atoms with van der Waals surface area (Å²) in [6.07, 6.45) is 0. The Labute approximate surface area is 105 Å². The van der Waals surface area contributed by atoms with Crippen LogP contribution >= 0.6 is 34.1 Å². The van der Waals surface area contributed by atoms with Gasteiger partial charge in [-0.25, -0.2) is 0 Å². The maximum absolute atomic E-state index is 5.36. The minimum atomic E-state index is -0.0672. The van der Waals surface area contributed by atoms with E-state index in [1.807, 2.05) is 22.6 Å². The van der Waals surface area contributed by atoms with E-state index in [1.54, 1.807) is 0 Å². The lowest BCUT2D eigenvalue weighted by atomic mass is 9.91. The molecule has 2 rings (SSSR count). The lowest BCUT2D eigenvalue weighted by molar-refractivity contribution is 0.529. The van der Waals surface area contributed by atoms with Gasteiger partial charge in [0.1, 0.15) is 4.88 Å². The van der Waals surface area contributed by atoms with Crippen molar-refractivity contribution < 1.29 is 4.42 Å². The summed E-state index contributed by atoms with van der Waals surface area (Å²) in [4.78, 5) is 0.859. The fraction of sp³-hybridized carbons (Fsp3) is 0.500. The maximum Gasteiger partial charge on any atom is 0.278 e. The van der Waals surface area contributed by atoms with Crippen LogP contribution in [-0.4, -0.2) is 19.8 Å². The standard InChI is InChI=1S/C8H9IN4OS/c1-8(2,3)5-4(15-13-10-5)6-11-12-7(9)14-6/h1-3H3. The van der Waals surface area contributed by atoms with Crippen molar-refractivity contribution in [1.29, 1.82) is 0 Å². The Morgan fingerprint density at radius 2 is 1.93 bits per heavy atom. The molecule has 5 nitrogen and oxygen atoms in total. The van der Waals surface area contributed by atoms with Crippen LogP contribution < -0.4 is 0 Å². The summed E-state index contributed by atoms with van der Waals surface area (Å²) >= 11 is 3.26. The van der Waals surface area contributed by atoms with E-state index in [9.17, 15) is 0 Å². The lowest BCUT2D eigenvalue weighted by Crippen LogP contribution is -2.13. The quantitative estimate of drug-likeness (QED) is 0.749. The summed E-state index contributed by atoms with van der Waals surface area (Å²) in [7, 11) is 0. The number of hydrogen-bond acceptors (Lipinski definition) is 6. The first-order valence-corrected chi connectivity index (χ1v) is 6.16. The Hall–Kier alpha value is -0.570. The van der Waals surface area contributed by atoms with E-state index in [-0.39, 0.29) is 5.41 Å². The molecule has 0 aliphatic carbocycles. The van der Waals surface area contributed by atoms with Crippen molar-refractivity contribution in [1.82, 2.24) is 19.8 Å². The molecule has 0 aliphatic heterocycles. The normalized spacial score (nSPS) is 12.0. The van der Waals surface area contributed by atoms with E-state index in [0.717, 1.165) is 10.6 Å². The highest BCUT2D eigenvalue weighted by atomic mass is 127. The van der Waals surface area contributed by atoms with Gasteiger partial charge >= 0.3 is 0 Å². The van der Waals surface area contributed by atoms with Gasteiger partial charge in [-0.15, -0.1) is 15.3 Å². The maximum atomic E-state index is 5.36. The molecule has 0 bridgehead atoms. The minimum absolute atomic E-state index is 0.0672. The SMILES string of the molecule is CC(C)(C)c1nnsc1-c1nnc(I)o1. The molecule has 0 N–H and O–H groups in total. The Morgan fingerprint density at radius 3 is 2.47 bits per heavy atom. The molecule has 0 unspecified atom stereocenters. The summed E-state index contributed by atoms with van der Waals surface area (Å²) in [5.41, 5.74) is 0.829. The summed E-state index contributed by atoms with van der Waals surface area (Å²) in [5, 5.41) is 11.9. The van der Waals surface area contributed by atoms with Gasteiger partial charge in [-0.3, -0.25) is 0 Å². The third-order valence-corrected chi connectivity index (χ3v) is 2.94. The third-order valence-electron chi connectivity index (χ3n) is 1.79. The molecular formula is C8H9IN4OS. The Kier molecular flexibility index (Phi) is 2.75. The van der Waals surface area contributed by atoms with Crippen LogP contribution in [0.5, 0.6) is 0 Å². The van der Waals surface area contributed by atoms with Gasteiger partial charge in [-0.1, -0.05) is 25.3 Å². The predicted molar refractivity (Wildman–Crippen MR) is 64.6 cm³/mol. The second kappa shape index (κ2) is 3.78. The zero-order valence-corrected chi connectivity index (χ0v) is 11.5. The summed E-state index contributed by atoms with van der Waals surface area (Å²) in [5.74, 6) is 0.499. The van der Waals surface area contributed by atoms with Crippen LogP contribution in [0.15, 0.2) is 4.42 Å². The van der Waals surface area contributed by atoms with E-state index >= 15 is 0 Å². The molecule has 2 aromatic heterocycles. The zero-order chi connectivity index (χ0) is 11.1. The molecule has 15 heavy (non-hydrogen) atoms. The number of hydrogen-bond donors (Lipinski definition) is 0. The number of aromatic nitrogens is 4. The summed E-state index contributed by atoms with van der Waals surface area (Å²) in [6, 6.07) is 0. The van der Waals surface area contributed by atoms with E-state index in [2.05, 4.69) is 40.6 Å². The van der Waals surface area contributed by atoms with Crippen LogP contribution in [0.4, 0.5) is 0 Å². The predicted octanol–water partition coefficient (Wildman–Crippen LogP) is 2.49. The van der Waals surface area contributed by atoms with Gasteiger partial charge in [0, 0.05) is 28.0 Å². The van der Waals surface area contributed by atoms with E-state index < -0.39 is 0 Å². The van der Waals surface area contributed by atoms with Crippen LogP contribution in [0, 0.1) is 3.90 Å². The molecule has 0 amide bonds. The molecule has 0 fully saturated rings. The topological polar surface area (TPSA) is 64.7 Å². The van der Waals surface area contributed by atoms with Crippen LogP contribution in [0.25, 0.3) is 10.8 Å². The molecule has 0 aromatic carbocycles. The van der Waals surface area contributed by atoms with Crippen LogP contribution in [0.3, 0.4) is 0 Å². The molecule has 0 saturated heterocycles. The molecular weight excluding hydrogens is 327 g/mol. The van der Waals surface area contributed by atoms with Crippen molar-refractivity contribution in [3.63, 3.8) is 0 Å². The lowest BCUT2D eigenvalue weighted by Gasteiger charge is -2.14. The Balaban J connectivity index is 2.50.